The first kappa shape index (κ1) is 13.9. The van der Waals surface area contributed by atoms with Crippen LogP contribution in [0, 0.1) is 5.92 Å². The van der Waals surface area contributed by atoms with Crippen molar-refractivity contribution in [2.24, 2.45) is 5.92 Å². The predicted octanol–water partition coefficient (Wildman–Crippen LogP) is 2.05. The highest BCUT2D eigenvalue weighted by atomic mass is 16.4. The van der Waals surface area contributed by atoms with Crippen LogP contribution < -0.4 is 5.32 Å². The average Bonchev–Trinajstić information content (AvgIpc) is 3.27. The van der Waals surface area contributed by atoms with E-state index in [4.69, 9.17) is 5.11 Å². The second-order valence-electron chi connectivity index (χ2n) is 5.93. The minimum Gasteiger partial charge on any atom is -0.481 e. The van der Waals surface area contributed by atoms with Crippen molar-refractivity contribution in [3.63, 3.8) is 0 Å². The van der Waals surface area contributed by atoms with Crippen LogP contribution in [-0.4, -0.2) is 41.1 Å². The van der Waals surface area contributed by atoms with E-state index in [1.807, 2.05) is 18.2 Å². The van der Waals surface area contributed by atoms with E-state index >= 15 is 0 Å². The van der Waals surface area contributed by atoms with Gasteiger partial charge in [-0.25, -0.2) is 4.79 Å². The number of nitrogens with zero attached hydrogens (tertiary/aromatic N) is 1. The van der Waals surface area contributed by atoms with Gasteiger partial charge in [0.05, 0.1) is 5.92 Å². The van der Waals surface area contributed by atoms with Crippen molar-refractivity contribution in [2.45, 2.75) is 31.2 Å². The number of carboxylic acid groups (broad SMARTS) is 1. The average molecular weight is 288 g/mol. The number of nitrogens with one attached hydrogen (secondary N) is 1. The minimum atomic E-state index is -0.805. The smallest absolute Gasteiger partial charge is 0.317 e. The van der Waals surface area contributed by atoms with Gasteiger partial charge >= 0.3 is 12.0 Å². The van der Waals surface area contributed by atoms with Gasteiger partial charge in [0.15, 0.2) is 0 Å². The van der Waals surface area contributed by atoms with E-state index in [1.54, 1.807) is 4.90 Å². The molecule has 3 rings (SSSR count). The van der Waals surface area contributed by atoms with Crippen LogP contribution in [0.2, 0.25) is 0 Å². The van der Waals surface area contributed by atoms with Gasteiger partial charge in [-0.2, -0.15) is 0 Å². The molecule has 1 heterocycles. The Morgan fingerprint density at radius 2 is 2.00 bits per heavy atom. The molecular formula is C16H20N2O3. The summed E-state index contributed by atoms with van der Waals surface area (Å²) in [5.74, 6) is -0.829. The van der Waals surface area contributed by atoms with Crippen molar-refractivity contribution in [1.29, 1.82) is 0 Å². The third kappa shape index (κ3) is 3.17. The van der Waals surface area contributed by atoms with Gasteiger partial charge in [-0.3, -0.25) is 4.79 Å². The predicted molar refractivity (Wildman–Crippen MR) is 78.1 cm³/mol. The van der Waals surface area contributed by atoms with Gasteiger partial charge in [-0.1, -0.05) is 30.3 Å². The quantitative estimate of drug-likeness (QED) is 0.894. The third-order valence-electron chi connectivity index (χ3n) is 4.38. The summed E-state index contributed by atoms with van der Waals surface area (Å²) in [6.07, 6.45) is 2.39. The lowest BCUT2D eigenvalue weighted by molar-refractivity contribution is -0.143. The highest BCUT2D eigenvalue weighted by Crippen LogP contribution is 2.40. The van der Waals surface area contributed by atoms with Crippen LogP contribution >= 0.6 is 0 Å². The van der Waals surface area contributed by atoms with Crippen molar-refractivity contribution < 1.29 is 14.7 Å². The number of carbonyl (C=O) groups excluding carboxylic acids is 1. The Bertz CT molecular complexity index is 532. The normalized spacial score (nSPS) is 28.0. The van der Waals surface area contributed by atoms with Crippen molar-refractivity contribution in [3.05, 3.63) is 35.9 Å². The molecule has 5 nitrogen and oxygen atoms in total. The van der Waals surface area contributed by atoms with E-state index in [0.717, 1.165) is 12.8 Å². The maximum atomic E-state index is 12.2. The first-order chi connectivity index (χ1) is 10.1. The highest BCUT2D eigenvalue weighted by Gasteiger charge is 2.40. The molecular weight excluding hydrogens is 268 g/mol. The third-order valence-corrected chi connectivity index (χ3v) is 4.38. The molecule has 0 aromatic heterocycles. The molecule has 2 fully saturated rings. The first-order valence-corrected chi connectivity index (χ1v) is 7.48. The van der Waals surface area contributed by atoms with E-state index in [-0.39, 0.29) is 12.1 Å². The fraction of sp³-hybridized carbons (Fsp3) is 0.500. The Hall–Kier alpha value is -2.04. The van der Waals surface area contributed by atoms with Crippen LogP contribution in [0.4, 0.5) is 4.79 Å². The van der Waals surface area contributed by atoms with Crippen LogP contribution in [0.5, 0.6) is 0 Å². The zero-order valence-electron chi connectivity index (χ0n) is 11.9. The molecule has 1 aliphatic carbocycles. The van der Waals surface area contributed by atoms with E-state index in [0.29, 0.717) is 25.4 Å². The topological polar surface area (TPSA) is 69.6 Å². The Labute approximate surface area is 123 Å². The van der Waals surface area contributed by atoms with Crippen molar-refractivity contribution in [1.82, 2.24) is 10.2 Å². The van der Waals surface area contributed by atoms with Crippen LogP contribution in [0.3, 0.4) is 0 Å². The molecule has 112 valence electrons. The molecule has 1 unspecified atom stereocenters. The molecule has 1 aromatic rings. The number of carbonyl (C=O) groups is 2. The SMILES string of the molecule is O=C(O)C1CCCN(C(=O)N[C@@H]2C[C@H]2c2ccccc2)C1. The summed E-state index contributed by atoms with van der Waals surface area (Å²) in [7, 11) is 0. The molecule has 0 spiro atoms. The van der Waals surface area contributed by atoms with Crippen molar-refractivity contribution in [3.8, 4) is 0 Å². The molecule has 0 bridgehead atoms. The lowest BCUT2D eigenvalue weighted by atomic mass is 9.99. The maximum absolute atomic E-state index is 12.2. The van der Waals surface area contributed by atoms with Gasteiger partial charge in [0.25, 0.3) is 0 Å². The second-order valence-corrected chi connectivity index (χ2v) is 5.93. The van der Waals surface area contributed by atoms with Gasteiger partial charge in [0.1, 0.15) is 0 Å². The number of urea groups is 1. The fourth-order valence-electron chi connectivity index (χ4n) is 3.04. The van der Waals surface area contributed by atoms with Gasteiger partial charge in [-0.15, -0.1) is 0 Å². The number of carboxylic acids is 1. The lowest BCUT2D eigenvalue weighted by Gasteiger charge is -2.30. The Morgan fingerprint density at radius 1 is 1.24 bits per heavy atom. The fourth-order valence-corrected chi connectivity index (χ4v) is 3.04. The number of amides is 2. The summed E-state index contributed by atoms with van der Waals surface area (Å²) >= 11 is 0. The van der Waals surface area contributed by atoms with Crippen LogP contribution in [0.1, 0.15) is 30.7 Å². The first-order valence-electron chi connectivity index (χ1n) is 7.48. The summed E-state index contributed by atoms with van der Waals surface area (Å²) in [5, 5.41) is 12.1. The van der Waals surface area contributed by atoms with E-state index < -0.39 is 11.9 Å². The standard InChI is InChI=1S/C16H20N2O3/c19-15(20)12-7-4-8-18(10-12)16(21)17-14-9-13(14)11-5-2-1-3-6-11/h1-3,5-6,12-14H,4,7-10H2,(H,17,21)(H,19,20)/t12?,13-,14+/m0/s1. The van der Waals surface area contributed by atoms with Crippen molar-refractivity contribution in [2.75, 3.05) is 13.1 Å². The van der Waals surface area contributed by atoms with Gasteiger partial charge in [0.2, 0.25) is 0 Å². The molecule has 2 amide bonds. The maximum Gasteiger partial charge on any atom is 0.317 e. The number of rotatable bonds is 3. The number of hydrogen-bond acceptors (Lipinski definition) is 2. The molecule has 1 aromatic carbocycles. The van der Waals surface area contributed by atoms with Gasteiger partial charge in [0, 0.05) is 25.0 Å². The zero-order chi connectivity index (χ0) is 14.8. The summed E-state index contributed by atoms with van der Waals surface area (Å²) in [5.41, 5.74) is 1.25. The van der Waals surface area contributed by atoms with E-state index in [2.05, 4.69) is 17.4 Å². The van der Waals surface area contributed by atoms with Crippen LogP contribution in [0.15, 0.2) is 30.3 Å². The molecule has 1 saturated carbocycles. The van der Waals surface area contributed by atoms with Crippen LogP contribution in [0.25, 0.3) is 0 Å². The molecule has 1 aliphatic heterocycles. The molecule has 2 aliphatic rings. The Kier molecular flexibility index (Phi) is 3.82. The molecule has 0 radical (unpaired) electrons. The van der Waals surface area contributed by atoms with Gasteiger partial charge in [-0.05, 0) is 24.8 Å². The molecule has 5 heteroatoms. The lowest BCUT2D eigenvalue weighted by Crippen LogP contribution is -2.47. The number of piperidine rings is 1. The zero-order valence-corrected chi connectivity index (χ0v) is 11.9. The highest BCUT2D eigenvalue weighted by molar-refractivity contribution is 5.77. The number of hydrogen-bond donors (Lipinski definition) is 2. The minimum absolute atomic E-state index is 0.121. The van der Waals surface area contributed by atoms with Gasteiger partial charge < -0.3 is 15.3 Å². The Balaban J connectivity index is 1.52. The summed E-state index contributed by atoms with van der Waals surface area (Å²) in [6.45, 7) is 0.974. The summed E-state index contributed by atoms with van der Waals surface area (Å²) < 4.78 is 0. The van der Waals surface area contributed by atoms with Crippen LogP contribution in [-0.2, 0) is 4.79 Å². The largest absolute Gasteiger partial charge is 0.481 e. The molecule has 2 N–H and O–H groups in total. The molecule has 1 saturated heterocycles. The Morgan fingerprint density at radius 3 is 2.71 bits per heavy atom. The summed E-state index contributed by atoms with van der Waals surface area (Å²) in [6, 6.07) is 10.2. The summed E-state index contributed by atoms with van der Waals surface area (Å²) in [4.78, 5) is 24.9. The second kappa shape index (κ2) is 5.76. The monoisotopic (exact) mass is 288 g/mol. The molecule has 3 atom stereocenters. The number of benzene rings is 1. The number of likely N-dealkylation sites (tertiary alicyclic amines) is 1. The van der Waals surface area contributed by atoms with Crippen molar-refractivity contribution >= 4 is 12.0 Å². The van der Waals surface area contributed by atoms with E-state index in [1.165, 1.54) is 5.56 Å². The molecule has 21 heavy (non-hydrogen) atoms. The number of aliphatic carboxylic acids is 1. The van der Waals surface area contributed by atoms with E-state index in [9.17, 15) is 9.59 Å².